The molecule has 1 aliphatic rings. The van der Waals surface area contributed by atoms with E-state index in [0.29, 0.717) is 0 Å². The predicted octanol–water partition coefficient (Wildman–Crippen LogP) is 1.25. The van der Waals surface area contributed by atoms with E-state index >= 15 is 0 Å². The lowest BCUT2D eigenvalue weighted by Crippen LogP contribution is -2.55. The zero-order chi connectivity index (χ0) is 15.6. The van der Waals surface area contributed by atoms with Gasteiger partial charge in [-0.1, -0.05) is 6.07 Å². The van der Waals surface area contributed by atoms with Gasteiger partial charge in [-0.2, -0.15) is 8.78 Å². The molecule has 0 aromatic heterocycles. The fraction of sp³-hybridized carbons (Fsp3) is 0.500. The Kier molecular flexibility index (Phi) is 4.43. The van der Waals surface area contributed by atoms with Crippen LogP contribution in [0.1, 0.15) is 23.7 Å². The normalized spacial score (nSPS) is 26.0. The smallest absolute Gasteiger partial charge is 0.387 e. The van der Waals surface area contributed by atoms with Crippen molar-refractivity contribution in [3.63, 3.8) is 0 Å². The van der Waals surface area contributed by atoms with Crippen LogP contribution in [-0.2, 0) is 0 Å². The van der Waals surface area contributed by atoms with Gasteiger partial charge in [-0.15, -0.1) is 0 Å². The summed E-state index contributed by atoms with van der Waals surface area (Å²) in [6.45, 7) is -1.17. The first-order valence-corrected chi connectivity index (χ1v) is 6.54. The third-order valence-corrected chi connectivity index (χ3v) is 3.59. The number of aliphatic hydroxyl groups is 2. The number of alkyl halides is 2. The van der Waals surface area contributed by atoms with Gasteiger partial charge in [-0.3, -0.25) is 4.79 Å². The summed E-state index contributed by atoms with van der Waals surface area (Å²) in [4.78, 5) is 13.7. The Balaban J connectivity index is 2.10. The molecular weight excluding hydrogens is 284 g/mol. The number of halogens is 2. The third kappa shape index (κ3) is 3.68. The molecule has 2 N–H and O–H groups in total. The van der Waals surface area contributed by atoms with Gasteiger partial charge in [0, 0.05) is 18.7 Å². The molecule has 0 unspecified atom stereocenters. The van der Waals surface area contributed by atoms with Crippen LogP contribution < -0.4 is 4.74 Å². The number of nitrogens with zero attached hydrogens (tertiary/aromatic N) is 1. The summed E-state index contributed by atoms with van der Waals surface area (Å²) in [5, 5.41) is 19.7. The van der Waals surface area contributed by atoms with Crippen molar-refractivity contribution < 1.29 is 28.5 Å². The summed E-state index contributed by atoms with van der Waals surface area (Å²) in [6.07, 6.45) is -0.802. The van der Waals surface area contributed by atoms with Gasteiger partial charge in [-0.05, 0) is 31.5 Å². The first-order chi connectivity index (χ1) is 9.79. The molecule has 0 aliphatic carbocycles. The second-order valence-corrected chi connectivity index (χ2v) is 5.28. The van der Waals surface area contributed by atoms with Crippen LogP contribution in [0.4, 0.5) is 8.78 Å². The highest BCUT2D eigenvalue weighted by Gasteiger charge is 2.38. The molecule has 1 fully saturated rings. The van der Waals surface area contributed by atoms with E-state index in [2.05, 4.69) is 4.74 Å². The molecule has 1 aromatic rings. The molecule has 0 saturated carbocycles. The number of benzene rings is 1. The molecule has 1 saturated heterocycles. The summed E-state index contributed by atoms with van der Waals surface area (Å²) in [5.74, 6) is -0.496. The van der Waals surface area contributed by atoms with Crippen LogP contribution in [0.15, 0.2) is 24.3 Å². The third-order valence-electron chi connectivity index (χ3n) is 3.59. The van der Waals surface area contributed by atoms with E-state index in [-0.39, 0.29) is 30.8 Å². The highest BCUT2D eigenvalue weighted by atomic mass is 19.3. The predicted molar refractivity (Wildman–Crippen MR) is 70.2 cm³/mol. The fourth-order valence-electron chi connectivity index (χ4n) is 2.20. The number of rotatable bonds is 3. The molecule has 2 atom stereocenters. The minimum absolute atomic E-state index is 0.00817. The molecule has 0 radical (unpaired) electrons. The van der Waals surface area contributed by atoms with Crippen LogP contribution in [-0.4, -0.2) is 52.4 Å². The van der Waals surface area contributed by atoms with Gasteiger partial charge in [0.1, 0.15) is 5.75 Å². The fourth-order valence-corrected chi connectivity index (χ4v) is 2.20. The molecule has 0 spiro atoms. The SMILES string of the molecule is C[C@@]1(O)CCN(C(=O)c2cccc(OC(F)F)c2)C[C@@H]1O. The van der Waals surface area contributed by atoms with Crippen molar-refractivity contribution in [1.29, 1.82) is 0 Å². The van der Waals surface area contributed by atoms with E-state index in [1.807, 2.05) is 0 Å². The van der Waals surface area contributed by atoms with Crippen molar-refractivity contribution in [2.24, 2.45) is 0 Å². The maximum atomic E-state index is 12.3. The van der Waals surface area contributed by atoms with E-state index in [0.717, 1.165) is 0 Å². The zero-order valence-electron chi connectivity index (χ0n) is 11.5. The topological polar surface area (TPSA) is 70.0 Å². The van der Waals surface area contributed by atoms with Gasteiger partial charge in [-0.25, -0.2) is 0 Å². The number of piperidine rings is 1. The largest absolute Gasteiger partial charge is 0.435 e. The van der Waals surface area contributed by atoms with E-state index in [4.69, 9.17) is 0 Å². The molecule has 1 aliphatic heterocycles. The number of aliphatic hydroxyl groups excluding tert-OH is 1. The molecule has 21 heavy (non-hydrogen) atoms. The zero-order valence-corrected chi connectivity index (χ0v) is 11.5. The summed E-state index contributed by atoms with van der Waals surface area (Å²) >= 11 is 0. The quantitative estimate of drug-likeness (QED) is 0.881. The highest BCUT2D eigenvalue weighted by Crippen LogP contribution is 2.24. The van der Waals surface area contributed by atoms with Crippen molar-refractivity contribution in [1.82, 2.24) is 4.90 Å². The van der Waals surface area contributed by atoms with Gasteiger partial charge >= 0.3 is 6.61 Å². The molecule has 1 aromatic carbocycles. The molecular formula is C14H17F2NO4. The minimum Gasteiger partial charge on any atom is -0.435 e. The van der Waals surface area contributed by atoms with Crippen molar-refractivity contribution >= 4 is 5.91 Å². The number of β-amino-alcohol motifs (C(OH)–C–C–N with tert-alkyl or cyclic N) is 1. The molecule has 5 nitrogen and oxygen atoms in total. The monoisotopic (exact) mass is 301 g/mol. The Morgan fingerprint density at radius 1 is 1.52 bits per heavy atom. The molecule has 1 amide bonds. The molecule has 2 rings (SSSR count). The summed E-state index contributed by atoms with van der Waals surface area (Å²) < 4.78 is 28.6. The molecule has 0 bridgehead atoms. The lowest BCUT2D eigenvalue weighted by Gasteiger charge is -2.39. The van der Waals surface area contributed by atoms with Crippen molar-refractivity contribution in [3.05, 3.63) is 29.8 Å². The van der Waals surface area contributed by atoms with Gasteiger partial charge in [0.25, 0.3) is 5.91 Å². The maximum absolute atomic E-state index is 12.3. The van der Waals surface area contributed by atoms with E-state index in [1.165, 1.54) is 36.1 Å². The van der Waals surface area contributed by atoms with Gasteiger partial charge < -0.3 is 19.8 Å². The Labute approximate surface area is 120 Å². The van der Waals surface area contributed by atoms with Crippen molar-refractivity contribution in [2.75, 3.05) is 13.1 Å². The standard InChI is InChI=1S/C14H17F2NO4/c1-14(20)5-6-17(8-11(14)18)12(19)9-3-2-4-10(7-9)21-13(15)16/h2-4,7,11,13,18,20H,5-6,8H2,1H3/t11-,14+/m0/s1. The van der Waals surface area contributed by atoms with E-state index < -0.39 is 24.2 Å². The second kappa shape index (κ2) is 5.95. The minimum atomic E-state index is -2.96. The lowest BCUT2D eigenvalue weighted by molar-refractivity contribution is -0.0999. The van der Waals surface area contributed by atoms with Crippen LogP contribution in [0, 0.1) is 0 Å². The number of carbonyl (C=O) groups excluding carboxylic acids is 1. The van der Waals surface area contributed by atoms with Crippen LogP contribution >= 0.6 is 0 Å². The van der Waals surface area contributed by atoms with Crippen molar-refractivity contribution in [2.45, 2.75) is 31.7 Å². The average molecular weight is 301 g/mol. The average Bonchev–Trinajstić information content (AvgIpc) is 2.41. The summed E-state index contributed by atoms with van der Waals surface area (Å²) in [5.41, 5.74) is -1.03. The van der Waals surface area contributed by atoms with Crippen molar-refractivity contribution in [3.8, 4) is 5.75 Å². The number of likely N-dealkylation sites (tertiary alicyclic amines) is 1. The molecule has 7 heteroatoms. The Morgan fingerprint density at radius 3 is 2.86 bits per heavy atom. The number of carbonyl (C=O) groups is 1. The number of amides is 1. The van der Waals surface area contributed by atoms with Crippen LogP contribution in [0.25, 0.3) is 0 Å². The van der Waals surface area contributed by atoms with Crippen LogP contribution in [0.3, 0.4) is 0 Å². The molecule has 116 valence electrons. The summed E-state index contributed by atoms with van der Waals surface area (Å²) in [6, 6.07) is 5.49. The lowest BCUT2D eigenvalue weighted by atomic mass is 9.90. The first kappa shape index (κ1) is 15.7. The Morgan fingerprint density at radius 2 is 2.24 bits per heavy atom. The van der Waals surface area contributed by atoms with E-state index in [9.17, 15) is 23.8 Å². The Hall–Kier alpha value is -1.73. The number of hydrogen-bond acceptors (Lipinski definition) is 4. The van der Waals surface area contributed by atoms with Gasteiger partial charge in [0.15, 0.2) is 0 Å². The first-order valence-electron chi connectivity index (χ1n) is 6.54. The van der Waals surface area contributed by atoms with Gasteiger partial charge in [0.05, 0.1) is 11.7 Å². The second-order valence-electron chi connectivity index (χ2n) is 5.28. The van der Waals surface area contributed by atoms with Gasteiger partial charge in [0.2, 0.25) is 0 Å². The maximum Gasteiger partial charge on any atom is 0.387 e. The number of hydrogen-bond donors (Lipinski definition) is 2. The number of ether oxygens (including phenoxy) is 1. The van der Waals surface area contributed by atoms with Crippen LogP contribution in [0.2, 0.25) is 0 Å². The van der Waals surface area contributed by atoms with E-state index in [1.54, 1.807) is 0 Å². The Bertz CT molecular complexity index is 521. The highest BCUT2D eigenvalue weighted by molar-refractivity contribution is 5.94. The summed E-state index contributed by atoms with van der Waals surface area (Å²) in [7, 11) is 0. The van der Waals surface area contributed by atoms with Crippen LogP contribution in [0.5, 0.6) is 5.75 Å². The molecule has 1 heterocycles.